The van der Waals surface area contributed by atoms with Crippen LogP contribution in [0.2, 0.25) is 0 Å². The molecule has 0 aliphatic carbocycles. The van der Waals surface area contributed by atoms with Crippen LogP contribution in [-0.2, 0) is 11.4 Å². The van der Waals surface area contributed by atoms with Gasteiger partial charge >= 0.3 is 5.97 Å². The van der Waals surface area contributed by atoms with Gasteiger partial charge in [0.2, 0.25) is 0 Å². The van der Waals surface area contributed by atoms with Crippen LogP contribution in [-0.4, -0.2) is 11.1 Å². The Morgan fingerprint density at radius 2 is 1.71 bits per heavy atom. The summed E-state index contributed by atoms with van der Waals surface area (Å²) in [6, 6.07) is 13.5. The number of hydrogen-bond donors (Lipinski definition) is 1. The van der Waals surface area contributed by atoms with Gasteiger partial charge in [0.1, 0.15) is 12.4 Å². The van der Waals surface area contributed by atoms with Crippen molar-refractivity contribution in [2.45, 2.75) is 20.5 Å². The molecule has 0 amide bonds. The molecule has 0 heterocycles. The van der Waals surface area contributed by atoms with Crippen molar-refractivity contribution in [2.24, 2.45) is 0 Å². The van der Waals surface area contributed by atoms with Crippen molar-refractivity contribution in [1.82, 2.24) is 0 Å². The highest BCUT2D eigenvalue weighted by molar-refractivity contribution is 5.85. The third-order valence-electron chi connectivity index (χ3n) is 3.33. The maximum Gasteiger partial charge on any atom is 0.328 e. The van der Waals surface area contributed by atoms with Crippen LogP contribution >= 0.6 is 0 Å². The summed E-state index contributed by atoms with van der Waals surface area (Å²) in [4.78, 5) is 10.5. The van der Waals surface area contributed by atoms with Crippen LogP contribution in [0, 0.1) is 13.8 Å². The summed E-state index contributed by atoms with van der Waals surface area (Å²) in [7, 11) is 0. The monoisotopic (exact) mass is 282 g/mol. The molecule has 2 rings (SSSR count). The predicted molar refractivity (Wildman–Crippen MR) is 83.4 cm³/mol. The standard InChI is InChI=1S/C18H18O3/c1-13-4-3-5-14(2)17(13)12-21-16-9-6-15(7-10-16)8-11-18(19)20/h3-11H,12H2,1-2H3,(H,19,20)/b11-8+. The van der Waals surface area contributed by atoms with Crippen molar-refractivity contribution in [2.75, 3.05) is 0 Å². The zero-order valence-corrected chi connectivity index (χ0v) is 12.2. The highest BCUT2D eigenvalue weighted by Gasteiger charge is 2.03. The highest BCUT2D eigenvalue weighted by Crippen LogP contribution is 2.18. The van der Waals surface area contributed by atoms with Gasteiger partial charge in [-0.3, -0.25) is 0 Å². The van der Waals surface area contributed by atoms with Gasteiger partial charge in [0.05, 0.1) is 0 Å². The molecule has 0 saturated carbocycles. The molecule has 21 heavy (non-hydrogen) atoms. The van der Waals surface area contributed by atoms with Crippen LogP contribution in [0.3, 0.4) is 0 Å². The highest BCUT2D eigenvalue weighted by atomic mass is 16.5. The van der Waals surface area contributed by atoms with Gasteiger partial charge in [0, 0.05) is 6.08 Å². The van der Waals surface area contributed by atoms with Crippen molar-refractivity contribution in [3.63, 3.8) is 0 Å². The molecule has 108 valence electrons. The van der Waals surface area contributed by atoms with Crippen LogP contribution in [0.25, 0.3) is 6.08 Å². The van der Waals surface area contributed by atoms with Gasteiger partial charge in [-0.2, -0.15) is 0 Å². The number of carboxylic acid groups (broad SMARTS) is 1. The Labute approximate surface area is 124 Å². The summed E-state index contributed by atoms with van der Waals surface area (Å²) < 4.78 is 5.79. The molecule has 0 aliphatic heterocycles. The van der Waals surface area contributed by atoms with E-state index in [0.29, 0.717) is 6.61 Å². The first kappa shape index (κ1) is 14.9. The first-order chi connectivity index (χ1) is 10.1. The van der Waals surface area contributed by atoms with Gasteiger partial charge in [-0.25, -0.2) is 4.79 Å². The van der Waals surface area contributed by atoms with Crippen LogP contribution in [0.4, 0.5) is 0 Å². The lowest BCUT2D eigenvalue weighted by Crippen LogP contribution is -2.00. The molecule has 0 atom stereocenters. The minimum absolute atomic E-state index is 0.531. The van der Waals surface area contributed by atoms with E-state index >= 15 is 0 Å². The van der Waals surface area contributed by atoms with Crippen LogP contribution in [0.15, 0.2) is 48.5 Å². The quantitative estimate of drug-likeness (QED) is 0.844. The summed E-state index contributed by atoms with van der Waals surface area (Å²) in [6.07, 6.45) is 2.67. The molecule has 0 fully saturated rings. The van der Waals surface area contributed by atoms with Gasteiger partial charge in [-0.15, -0.1) is 0 Å². The maximum absolute atomic E-state index is 10.5. The van der Waals surface area contributed by atoms with E-state index in [1.165, 1.54) is 16.7 Å². The van der Waals surface area contributed by atoms with Gasteiger partial charge in [-0.1, -0.05) is 30.3 Å². The lowest BCUT2D eigenvalue weighted by molar-refractivity contribution is -0.131. The molecule has 0 unspecified atom stereocenters. The van der Waals surface area contributed by atoms with Crippen molar-refractivity contribution >= 4 is 12.0 Å². The van der Waals surface area contributed by atoms with E-state index in [9.17, 15) is 4.79 Å². The minimum atomic E-state index is -0.953. The number of aryl methyl sites for hydroxylation is 2. The Hall–Kier alpha value is -2.55. The Morgan fingerprint density at radius 3 is 2.29 bits per heavy atom. The molecule has 0 aliphatic rings. The lowest BCUT2D eigenvalue weighted by atomic mass is 10.0. The fourth-order valence-corrected chi connectivity index (χ4v) is 2.07. The summed E-state index contributed by atoms with van der Waals surface area (Å²) >= 11 is 0. The van der Waals surface area contributed by atoms with Crippen LogP contribution in [0.1, 0.15) is 22.3 Å². The zero-order chi connectivity index (χ0) is 15.2. The van der Waals surface area contributed by atoms with Crippen molar-refractivity contribution < 1.29 is 14.6 Å². The number of rotatable bonds is 5. The smallest absolute Gasteiger partial charge is 0.328 e. The first-order valence-corrected chi connectivity index (χ1v) is 6.75. The van der Waals surface area contributed by atoms with E-state index in [0.717, 1.165) is 17.4 Å². The van der Waals surface area contributed by atoms with Crippen LogP contribution < -0.4 is 4.74 Å². The Kier molecular flexibility index (Phi) is 4.77. The number of aliphatic carboxylic acids is 1. The van der Waals surface area contributed by atoms with Crippen molar-refractivity contribution in [3.05, 3.63) is 70.8 Å². The van der Waals surface area contributed by atoms with E-state index in [2.05, 4.69) is 26.0 Å². The van der Waals surface area contributed by atoms with Gasteiger partial charge in [0.15, 0.2) is 0 Å². The zero-order valence-electron chi connectivity index (χ0n) is 12.2. The largest absolute Gasteiger partial charge is 0.489 e. The fourth-order valence-electron chi connectivity index (χ4n) is 2.07. The van der Waals surface area contributed by atoms with E-state index in [4.69, 9.17) is 9.84 Å². The SMILES string of the molecule is Cc1cccc(C)c1COc1ccc(/C=C/C(=O)O)cc1. The first-order valence-electron chi connectivity index (χ1n) is 6.75. The normalized spacial score (nSPS) is 10.8. The molecule has 3 heteroatoms. The molecule has 0 spiro atoms. The number of carboxylic acids is 1. The van der Waals surface area contributed by atoms with Gasteiger partial charge in [0.25, 0.3) is 0 Å². The molecule has 0 aromatic heterocycles. The molecule has 0 saturated heterocycles. The number of ether oxygens (including phenoxy) is 1. The summed E-state index contributed by atoms with van der Waals surface area (Å²) in [5.41, 5.74) is 4.47. The molecule has 1 N–H and O–H groups in total. The van der Waals surface area contributed by atoms with Crippen molar-refractivity contribution in [1.29, 1.82) is 0 Å². The third kappa shape index (κ3) is 4.21. The Balaban J connectivity index is 2.02. The lowest BCUT2D eigenvalue weighted by Gasteiger charge is -2.11. The molecular formula is C18H18O3. The topological polar surface area (TPSA) is 46.5 Å². The second kappa shape index (κ2) is 6.75. The van der Waals surface area contributed by atoms with E-state index in [1.807, 2.05) is 30.3 Å². The molecule has 2 aromatic rings. The number of hydrogen-bond acceptors (Lipinski definition) is 2. The van der Waals surface area contributed by atoms with E-state index in [-0.39, 0.29) is 0 Å². The molecule has 2 aromatic carbocycles. The van der Waals surface area contributed by atoms with Crippen LogP contribution in [0.5, 0.6) is 5.75 Å². The third-order valence-corrected chi connectivity index (χ3v) is 3.33. The average Bonchev–Trinajstić information content (AvgIpc) is 2.46. The summed E-state index contributed by atoms with van der Waals surface area (Å²) in [6.45, 7) is 4.68. The Bertz CT molecular complexity index is 634. The van der Waals surface area contributed by atoms with E-state index < -0.39 is 5.97 Å². The number of benzene rings is 2. The Morgan fingerprint density at radius 1 is 1.10 bits per heavy atom. The maximum atomic E-state index is 10.5. The van der Waals surface area contributed by atoms with Gasteiger partial charge in [-0.05, 0) is 54.3 Å². The average molecular weight is 282 g/mol. The minimum Gasteiger partial charge on any atom is -0.489 e. The predicted octanol–water partition coefficient (Wildman–Crippen LogP) is 3.98. The molecule has 0 radical (unpaired) electrons. The summed E-state index contributed by atoms with van der Waals surface area (Å²) in [5.74, 6) is -0.185. The van der Waals surface area contributed by atoms with Crippen molar-refractivity contribution in [3.8, 4) is 5.75 Å². The second-order valence-corrected chi connectivity index (χ2v) is 4.90. The van der Waals surface area contributed by atoms with E-state index in [1.54, 1.807) is 6.08 Å². The van der Waals surface area contributed by atoms with Gasteiger partial charge < -0.3 is 9.84 Å². The molecular weight excluding hydrogens is 264 g/mol. The molecule has 3 nitrogen and oxygen atoms in total. The number of carbonyl (C=O) groups is 1. The summed E-state index contributed by atoms with van der Waals surface area (Å²) in [5, 5.41) is 8.58. The fraction of sp³-hybridized carbons (Fsp3) is 0.167. The molecule has 0 bridgehead atoms. The second-order valence-electron chi connectivity index (χ2n) is 4.90.